The molecule has 0 bridgehead atoms. The van der Waals surface area contributed by atoms with Gasteiger partial charge < -0.3 is 5.32 Å². The first kappa shape index (κ1) is 12.7. The minimum absolute atomic E-state index is 0.738. The Hall–Kier alpha value is 0.270. The molecule has 0 aromatic rings. The molecule has 1 saturated heterocycles. The second-order valence-corrected chi connectivity index (χ2v) is 6.56. The molecule has 0 aromatic heterocycles. The average molecular weight is 242 g/mol. The van der Waals surface area contributed by atoms with Gasteiger partial charge in [0.15, 0.2) is 0 Å². The van der Waals surface area contributed by atoms with Crippen molar-refractivity contribution in [1.29, 1.82) is 0 Å². The van der Waals surface area contributed by atoms with Gasteiger partial charge in [-0.1, -0.05) is 20.3 Å². The molecule has 1 heterocycles. The molecule has 94 valence electrons. The van der Waals surface area contributed by atoms with E-state index in [1.54, 1.807) is 0 Å². The van der Waals surface area contributed by atoms with E-state index in [4.69, 9.17) is 0 Å². The number of piperazine rings is 1. The van der Waals surface area contributed by atoms with Crippen molar-refractivity contribution in [2.24, 2.45) is 0 Å². The quantitative estimate of drug-likeness (QED) is 0.814. The van der Waals surface area contributed by atoms with Crippen LogP contribution in [0.1, 0.15) is 39.5 Å². The van der Waals surface area contributed by atoms with E-state index < -0.39 is 0 Å². The molecule has 3 atom stereocenters. The lowest BCUT2D eigenvalue weighted by Gasteiger charge is -2.39. The van der Waals surface area contributed by atoms with Gasteiger partial charge in [-0.05, 0) is 25.0 Å². The van der Waals surface area contributed by atoms with E-state index in [2.05, 4.69) is 35.8 Å². The molecule has 2 rings (SSSR count). The molecule has 16 heavy (non-hydrogen) atoms. The van der Waals surface area contributed by atoms with Crippen LogP contribution in [0.5, 0.6) is 0 Å². The predicted octanol–water partition coefficient (Wildman–Crippen LogP) is 2.34. The maximum Gasteiger partial charge on any atom is 0.0215 e. The number of nitrogens with zero attached hydrogens (tertiary/aromatic N) is 1. The van der Waals surface area contributed by atoms with Gasteiger partial charge in [-0.15, -0.1) is 0 Å². The van der Waals surface area contributed by atoms with Crippen LogP contribution in [0.25, 0.3) is 0 Å². The molecule has 0 radical (unpaired) electrons. The van der Waals surface area contributed by atoms with E-state index >= 15 is 0 Å². The topological polar surface area (TPSA) is 15.3 Å². The SMILES string of the molecule is CCSC1CCCC1N1CCNC(CC)C1. The zero-order valence-corrected chi connectivity index (χ0v) is 11.6. The Labute approximate surface area is 105 Å². The first-order valence-electron chi connectivity index (χ1n) is 6.94. The third-order valence-corrected chi connectivity index (χ3v) is 5.36. The molecular weight excluding hydrogens is 216 g/mol. The Morgan fingerprint density at radius 2 is 2.19 bits per heavy atom. The summed E-state index contributed by atoms with van der Waals surface area (Å²) in [5.74, 6) is 1.28. The minimum atomic E-state index is 0.738. The maximum absolute atomic E-state index is 3.62. The molecule has 2 nitrogen and oxygen atoms in total. The highest BCUT2D eigenvalue weighted by atomic mass is 32.2. The predicted molar refractivity (Wildman–Crippen MR) is 73.2 cm³/mol. The molecular formula is C13H26N2S. The molecule has 0 aromatic carbocycles. The van der Waals surface area contributed by atoms with Crippen LogP contribution in [0.4, 0.5) is 0 Å². The van der Waals surface area contributed by atoms with Gasteiger partial charge in [-0.3, -0.25) is 4.90 Å². The third kappa shape index (κ3) is 2.93. The van der Waals surface area contributed by atoms with Gasteiger partial charge in [0.05, 0.1) is 0 Å². The molecule has 3 heteroatoms. The van der Waals surface area contributed by atoms with Crippen LogP contribution < -0.4 is 5.32 Å². The molecule has 1 saturated carbocycles. The Morgan fingerprint density at radius 3 is 2.94 bits per heavy atom. The van der Waals surface area contributed by atoms with E-state index in [9.17, 15) is 0 Å². The Bertz CT molecular complexity index is 210. The van der Waals surface area contributed by atoms with Crippen molar-refractivity contribution >= 4 is 11.8 Å². The number of rotatable bonds is 4. The van der Waals surface area contributed by atoms with Crippen molar-refractivity contribution in [2.45, 2.75) is 56.9 Å². The van der Waals surface area contributed by atoms with Crippen molar-refractivity contribution < 1.29 is 0 Å². The summed E-state index contributed by atoms with van der Waals surface area (Å²) in [7, 11) is 0. The molecule has 0 spiro atoms. The van der Waals surface area contributed by atoms with Crippen molar-refractivity contribution in [3.63, 3.8) is 0 Å². The standard InChI is InChI=1S/C13H26N2S/c1-3-11-10-15(9-8-14-11)12-6-5-7-13(12)16-4-2/h11-14H,3-10H2,1-2H3. The highest BCUT2D eigenvalue weighted by Gasteiger charge is 2.33. The first-order valence-corrected chi connectivity index (χ1v) is 7.99. The van der Waals surface area contributed by atoms with E-state index in [1.165, 1.54) is 51.1 Å². The normalized spacial score (nSPS) is 36.8. The average Bonchev–Trinajstić information content (AvgIpc) is 2.78. The fraction of sp³-hybridized carbons (Fsp3) is 1.00. The van der Waals surface area contributed by atoms with Gasteiger partial charge in [0.1, 0.15) is 0 Å². The molecule has 2 fully saturated rings. The van der Waals surface area contributed by atoms with Gasteiger partial charge in [-0.25, -0.2) is 0 Å². The number of hydrogen-bond donors (Lipinski definition) is 1. The second-order valence-electron chi connectivity index (χ2n) is 5.05. The van der Waals surface area contributed by atoms with Crippen LogP contribution in [0.15, 0.2) is 0 Å². The van der Waals surface area contributed by atoms with E-state index in [1.807, 2.05) is 0 Å². The summed E-state index contributed by atoms with van der Waals surface area (Å²) >= 11 is 2.19. The third-order valence-electron chi connectivity index (χ3n) is 4.05. The molecule has 3 unspecified atom stereocenters. The van der Waals surface area contributed by atoms with Gasteiger partial charge in [0, 0.05) is 37.0 Å². The molecule has 0 amide bonds. The van der Waals surface area contributed by atoms with E-state index in [-0.39, 0.29) is 0 Å². The molecule has 1 aliphatic heterocycles. The lowest BCUT2D eigenvalue weighted by molar-refractivity contribution is 0.146. The monoisotopic (exact) mass is 242 g/mol. The van der Waals surface area contributed by atoms with Gasteiger partial charge in [-0.2, -0.15) is 11.8 Å². The molecule has 1 aliphatic carbocycles. The highest BCUT2D eigenvalue weighted by Crippen LogP contribution is 2.33. The lowest BCUT2D eigenvalue weighted by atomic mass is 10.1. The number of nitrogens with one attached hydrogen (secondary N) is 1. The Balaban J connectivity index is 1.89. The van der Waals surface area contributed by atoms with Crippen LogP contribution >= 0.6 is 11.8 Å². The zero-order chi connectivity index (χ0) is 11.4. The number of hydrogen-bond acceptors (Lipinski definition) is 3. The fourth-order valence-corrected chi connectivity index (χ4v) is 4.45. The first-order chi connectivity index (χ1) is 7.85. The van der Waals surface area contributed by atoms with Crippen LogP contribution in [0, 0.1) is 0 Å². The van der Waals surface area contributed by atoms with E-state index in [0.29, 0.717) is 0 Å². The fourth-order valence-electron chi connectivity index (χ4n) is 3.16. The van der Waals surface area contributed by atoms with Gasteiger partial charge >= 0.3 is 0 Å². The largest absolute Gasteiger partial charge is 0.311 e. The summed E-state index contributed by atoms with van der Waals surface area (Å²) in [4.78, 5) is 2.77. The Kier molecular flexibility index (Phi) is 4.98. The molecule has 1 N–H and O–H groups in total. The minimum Gasteiger partial charge on any atom is -0.311 e. The van der Waals surface area contributed by atoms with Gasteiger partial charge in [0.2, 0.25) is 0 Å². The van der Waals surface area contributed by atoms with E-state index in [0.717, 1.165) is 17.3 Å². The summed E-state index contributed by atoms with van der Waals surface area (Å²) in [6, 6.07) is 1.61. The van der Waals surface area contributed by atoms with Gasteiger partial charge in [0.25, 0.3) is 0 Å². The van der Waals surface area contributed by atoms with Crippen molar-refractivity contribution in [3.05, 3.63) is 0 Å². The zero-order valence-electron chi connectivity index (χ0n) is 10.7. The van der Waals surface area contributed by atoms with Crippen molar-refractivity contribution in [3.8, 4) is 0 Å². The smallest absolute Gasteiger partial charge is 0.0215 e. The van der Waals surface area contributed by atoms with Crippen molar-refractivity contribution in [1.82, 2.24) is 10.2 Å². The summed E-state index contributed by atoms with van der Waals surface area (Å²) in [5.41, 5.74) is 0. The van der Waals surface area contributed by atoms with Crippen molar-refractivity contribution in [2.75, 3.05) is 25.4 Å². The summed E-state index contributed by atoms with van der Waals surface area (Å²) < 4.78 is 0. The summed E-state index contributed by atoms with van der Waals surface area (Å²) in [6.45, 7) is 8.34. The second kappa shape index (κ2) is 6.27. The van der Waals surface area contributed by atoms with Crippen LogP contribution in [0.2, 0.25) is 0 Å². The lowest BCUT2D eigenvalue weighted by Crippen LogP contribution is -2.55. The number of thioether (sulfide) groups is 1. The maximum atomic E-state index is 3.62. The van der Waals surface area contributed by atoms with Crippen LogP contribution in [-0.4, -0.2) is 47.6 Å². The molecule has 2 aliphatic rings. The Morgan fingerprint density at radius 1 is 1.31 bits per heavy atom. The summed E-state index contributed by atoms with van der Waals surface area (Å²) in [6.07, 6.45) is 5.61. The van der Waals surface area contributed by atoms with Crippen LogP contribution in [0.3, 0.4) is 0 Å². The van der Waals surface area contributed by atoms with Crippen LogP contribution in [-0.2, 0) is 0 Å². The summed E-state index contributed by atoms with van der Waals surface area (Å²) in [5, 5.41) is 4.54. The highest BCUT2D eigenvalue weighted by molar-refractivity contribution is 7.99.